The lowest BCUT2D eigenvalue weighted by Crippen LogP contribution is -2.40. The van der Waals surface area contributed by atoms with Gasteiger partial charge in [-0.05, 0) is 43.5 Å². The highest BCUT2D eigenvalue weighted by atomic mass is 32.2. The number of piperidine rings is 1. The lowest BCUT2D eigenvalue weighted by Gasteiger charge is -2.29. The fourth-order valence-corrected chi connectivity index (χ4v) is 4.65. The zero-order valence-corrected chi connectivity index (χ0v) is 13.6. The number of nitrogens with zero attached hydrogens (tertiary/aromatic N) is 2. The topological polar surface area (TPSA) is 87.6 Å². The Morgan fingerprint density at radius 3 is 2.61 bits per heavy atom. The Labute approximate surface area is 134 Å². The molecule has 3 rings (SSSR count). The van der Waals surface area contributed by atoms with E-state index in [0.717, 1.165) is 5.56 Å². The Morgan fingerprint density at radius 2 is 1.96 bits per heavy atom. The van der Waals surface area contributed by atoms with Crippen molar-refractivity contribution < 1.29 is 18.3 Å². The van der Waals surface area contributed by atoms with E-state index in [1.807, 2.05) is 6.92 Å². The number of carboxylic acid groups (broad SMARTS) is 1. The quantitative estimate of drug-likeness (QED) is 0.928. The molecule has 0 radical (unpaired) electrons. The number of aromatic nitrogens is 1. The van der Waals surface area contributed by atoms with Gasteiger partial charge in [-0.3, -0.25) is 9.78 Å². The average Bonchev–Trinajstić information content (AvgIpc) is 2.55. The van der Waals surface area contributed by atoms with Crippen LogP contribution in [0.5, 0.6) is 0 Å². The van der Waals surface area contributed by atoms with Gasteiger partial charge in [0.15, 0.2) is 0 Å². The summed E-state index contributed by atoms with van der Waals surface area (Å²) in [7, 11) is -3.65. The van der Waals surface area contributed by atoms with Gasteiger partial charge in [-0.1, -0.05) is 6.07 Å². The van der Waals surface area contributed by atoms with Gasteiger partial charge in [0, 0.05) is 24.7 Å². The van der Waals surface area contributed by atoms with Crippen LogP contribution < -0.4 is 0 Å². The largest absolute Gasteiger partial charge is 0.481 e. The highest BCUT2D eigenvalue weighted by Crippen LogP contribution is 2.29. The second kappa shape index (κ2) is 5.90. The van der Waals surface area contributed by atoms with Crippen molar-refractivity contribution in [3.8, 4) is 0 Å². The van der Waals surface area contributed by atoms with Crippen molar-refractivity contribution in [1.82, 2.24) is 9.29 Å². The number of aryl methyl sites for hydroxylation is 1. The number of benzene rings is 1. The van der Waals surface area contributed by atoms with Gasteiger partial charge in [0.2, 0.25) is 10.0 Å². The maximum atomic E-state index is 12.9. The number of fused-ring (bicyclic) bond motifs is 1. The third-order valence-electron chi connectivity index (χ3n) is 4.35. The highest BCUT2D eigenvalue weighted by molar-refractivity contribution is 7.89. The zero-order chi connectivity index (χ0) is 16.6. The maximum Gasteiger partial charge on any atom is 0.306 e. The van der Waals surface area contributed by atoms with Crippen molar-refractivity contribution in [2.24, 2.45) is 5.92 Å². The summed E-state index contributed by atoms with van der Waals surface area (Å²) in [5.74, 6) is -1.31. The summed E-state index contributed by atoms with van der Waals surface area (Å²) in [6, 6.07) is 6.84. The molecule has 1 fully saturated rings. The summed E-state index contributed by atoms with van der Waals surface area (Å²) in [6.07, 6.45) is 2.33. The first-order chi connectivity index (χ1) is 10.9. The van der Waals surface area contributed by atoms with Crippen LogP contribution in [0.15, 0.2) is 35.4 Å². The molecule has 122 valence electrons. The van der Waals surface area contributed by atoms with Gasteiger partial charge in [-0.2, -0.15) is 4.31 Å². The second-order valence-corrected chi connectivity index (χ2v) is 7.70. The summed E-state index contributed by atoms with van der Waals surface area (Å²) < 4.78 is 27.3. The van der Waals surface area contributed by atoms with E-state index >= 15 is 0 Å². The zero-order valence-electron chi connectivity index (χ0n) is 12.8. The Kier molecular flexibility index (Phi) is 4.08. The fraction of sp³-hybridized carbons (Fsp3) is 0.375. The van der Waals surface area contributed by atoms with E-state index in [2.05, 4.69) is 4.98 Å². The molecule has 0 bridgehead atoms. The molecule has 1 aromatic carbocycles. The summed E-state index contributed by atoms with van der Waals surface area (Å²) >= 11 is 0. The van der Waals surface area contributed by atoms with Crippen LogP contribution in [-0.2, 0) is 14.8 Å². The Bertz CT molecular complexity index is 856. The summed E-state index contributed by atoms with van der Waals surface area (Å²) in [6.45, 7) is 2.36. The van der Waals surface area contributed by atoms with E-state index in [4.69, 9.17) is 5.11 Å². The minimum Gasteiger partial charge on any atom is -0.481 e. The maximum absolute atomic E-state index is 12.9. The summed E-state index contributed by atoms with van der Waals surface area (Å²) in [5.41, 5.74) is 1.60. The molecule has 0 spiro atoms. The molecule has 23 heavy (non-hydrogen) atoms. The van der Waals surface area contributed by atoms with Gasteiger partial charge in [0.25, 0.3) is 0 Å². The number of carbonyl (C=O) groups is 1. The van der Waals surface area contributed by atoms with E-state index in [-0.39, 0.29) is 18.0 Å². The van der Waals surface area contributed by atoms with Crippen LogP contribution in [0.3, 0.4) is 0 Å². The predicted molar refractivity (Wildman–Crippen MR) is 85.6 cm³/mol. The van der Waals surface area contributed by atoms with Gasteiger partial charge in [0.1, 0.15) is 0 Å². The first-order valence-corrected chi connectivity index (χ1v) is 8.92. The average molecular weight is 334 g/mol. The lowest BCUT2D eigenvalue weighted by atomic mass is 9.99. The van der Waals surface area contributed by atoms with Gasteiger partial charge < -0.3 is 5.11 Å². The monoisotopic (exact) mass is 334 g/mol. The Balaban J connectivity index is 1.98. The molecule has 2 heterocycles. The number of aliphatic carboxylic acids is 1. The standard InChI is InChI=1S/C16H18N2O4S/c1-11-4-5-14(13-3-2-8-17-15(11)13)23(21,22)18-9-6-12(7-10-18)16(19)20/h2-5,8,12H,6-7,9-10H2,1H3,(H,19,20). The van der Waals surface area contributed by atoms with Crippen LogP contribution in [0.1, 0.15) is 18.4 Å². The van der Waals surface area contributed by atoms with Crippen LogP contribution in [0.25, 0.3) is 10.9 Å². The number of sulfonamides is 1. The normalized spacial score (nSPS) is 17.4. The number of carboxylic acids is 1. The molecule has 0 aliphatic carbocycles. The Morgan fingerprint density at radius 1 is 1.26 bits per heavy atom. The van der Waals surface area contributed by atoms with Crippen LogP contribution in [-0.4, -0.2) is 41.9 Å². The first-order valence-electron chi connectivity index (χ1n) is 7.48. The summed E-state index contributed by atoms with van der Waals surface area (Å²) in [4.78, 5) is 15.5. The highest BCUT2D eigenvalue weighted by Gasteiger charge is 2.32. The smallest absolute Gasteiger partial charge is 0.306 e. The Hall–Kier alpha value is -1.99. The molecule has 6 nitrogen and oxygen atoms in total. The number of hydrogen-bond donors (Lipinski definition) is 1. The van der Waals surface area contributed by atoms with Gasteiger partial charge in [-0.25, -0.2) is 8.42 Å². The van der Waals surface area contributed by atoms with Crippen molar-refractivity contribution in [2.45, 2.75) is 24.7 Å². The molecule has 1 aliphatic heterocycles. The molecule has 7 heteroatoms. The molecule has 1 saturated heterocycles. The summed E-state index contributed by atoms with van der Waals surface area (Å²) in [5, 5.41) is 9.64. The van der Waals surface area contributed by atoms with Crippen molar-refractivity contribution >= 4 is 26.9 Å². The van der Waals surface area contributed by atoms with Crippen LogP contribution >= 0.6 is 0 Å². The molecule has 1 N–H and O–H groups in total. The lowest BCUT2D eigenvalue weighted by molar-refractivity contribution is -0.142. The van der Waals surface area contributed by atoms with E-state index in [0.29, 0.717) is 23.7 Å². The molecular formula is C16H18N2O4S. The molecule has 1 aliphatic rings. The van der Waals surface area contributed by atoms with E-state index < -0.39 is 21.9 Å². The van der Waals surface area contributed by atoms with Crippen molar-refractivity contribution in [2.75, 3.05) is 13.1 Å². The number of rotatable bonds is 3. The van der Waals surface area contributed by atoms with Gasteiger partial charge in [0.05, 0.1) is 16.3 Å². The first kappa shape index (κ1) is 15.9. The molecule has 0 saturated carbocycles. The SMILES string of the molecule is Cc1ccc(S(=O)(=O)N2CCC(C(=O)O)CC2)c2cccnc12. The number of hydrogen-bond acceptors (Lipinski definition) is 4. The van der Waals surface area contributed by atoms with Gasteiger partial charge >= 0.3 is 5.97 Å². The van der Waals surface area contributed by atoms with Crippen LogP contribution in [0.4, 0.5) is 0 Å². The van der Waals surface area contributed by atoms with E-state index in [1.54, 1.807) is 30.5 Å². The van der Waals surface area contributed by atoms with E-state index in [9.17, 15) is 13.2 Å². The molecular weight excluding hydrogens is 316 g/mol. The number of pyridine rings is 1. The molecule has 0 amide bonds. The molecule has 0 unspecified atom stereocenters. The third-order valence-corrected chi connectivity index (χ3v) is 6.31. The van der Waals surface area contributed by atoms with Crippen molar-refractivity contribution in [3.63, 3.8) is 0 Å². The molecule has 1 aromatic heterocycles. The minimum absolute atomic E-state index is 0.231. The van der Waals surface area contributed by atoms with Gasteiger partial charge in [-0.15, -0.1) is 0 Å². The van der Waals surface area contributed by atoms with E-state index in [1.165, 1.54) is 4.31 Å². The fourth-order valence-electron chi connectivity index (χ4n) is 2.99. The molecule has 2 aromatic rings. The predicted octanol–water partition coefficient (Wildman–Crippen LogP) is 2.03. The van der Waals surface area contributed by atoms with Crippen molar-refractivity contribution in [1.29, 1.82) is 0 Å². The van der Waals surface area contributed by atoms with Crippen molar-refractivity contribution in [3.05, 3.63) is 36.0 Å². The molecule has 0 atom stereocenters. The van der Waals surface area contributed by atoms with Crippen LogP contribution in [0, 0.1) is 12.8 Å². The third kappa shape index (κ3) is 2.82. The van der Waals surface area contributed by atoms with Crippen LogP contribution in [0.2, 0.25) is 0 Å². The second-order valence-electron chi connectivity index (χ2n) is 5.80. The minimum atomic E-state index is -3.65.